The standard InChI is InChI=1S/C21H19N5O2S/c1-3-28-17-8-5-15(6-9-17)21-24-14(2)19(29-21)20(27)25-16-7-10-18(22-13-16)26-12-4-11-23-26/h4-13H,3H2,1-2H3,(H,25,27). The second-order valence-electron chi connectivity index (χ2n) is 6.20. The van der Waals surface area contributed by atoms with Gasteiger partial charge in [0, 0.05) is 18.0 Å². The Hall–Kier alpha value is -3.52. The van der Waals surface area contributed by atoms with E-state index in [-0.39, 0.29) is 5.91 Å². The summed E-state index contributed by atoms with van der Waals surface area (Å²) in [5, 5.41) is 7.81. The van der Waals surface area contributed by atoms with Crippen LogP contribution in [0.5, 0.6) is 5.75 Å². The molecule has 0 aliphatic heterocycles. The van der Waals surface area contributed by atoms with Crippen molar-refractivity contribution in [3.63, 3.8) is 0 Å². The van der Waals surface area contributed by atoms with Gasteiger partial charge < -0.3 is 10.1 Å². The van der Waals surface area contributed by atoms with Crippen molar-refractivity contribution in [2.24, 2.45) is 0 Å². The van der Waals surface area contributed by atoms with Crippen LogP contribution in [0.25, 0.3) is 16.4 Å². The number of hydrogen-bond donors (Lipinski definition) is 1. The summed E-state index contributed by atoms with van der Waals surface area (Å²) in [6, 6.07) is 13.1. The molecule has 8 heteroatoms. The van der Waals surface area contributed by atoms with Gasteiger partial charge in [0.2, 0.25) is 0 Å². The monoisotopic (exact) mass is 405 g/mol. The Kier molecular flexibility index (Phi) is 5.35. The highest BCUT2D eigenvalue weighted by Crippen LogP contribution is 2.29. The lowest BCUT2D eigenvalue weighted by Gasteiger charge is -2.05. The molecule has 29 heavy (non-hydrogen) atoms. The molecule has 3 aromatic heterocycles. The number of ether oxygens (including phenoxy) is 1. The molecule has 0 fully saturated rings. The third-order valence-corrected chi connectivity index (χ3v) is 5.37. The molecule has 0 atom stereocenters. The highest BCUT2D eigenvalue weighted by molar-refractivity contribution is 7.17. The highest BCUT2D eigenvalue weighted by atomic mass is 32.1. The lowest BCUT2D eigenvalue weighted by atomic mass is 10.2. The minimum absolute atomic E-state index is 0.203. The highest BCUT2D eigenvalue weighted by Gasteiger charge is 2.17. The third kappa shape index (κ3) is 4.17. The van der Waals surface area contributed by atoms with Gasteiger partial charge in [0.15, 0.2) is 5.82 Å². The van der Waals surface area contributed by atoms with Gasteiger partial charge in [-0.25, -0.2) is 14.6 Å². The maximum atomic E-state index is 12.7. The topological polar surface area (TPSA) is 81.9 Å². The number of pyridine rings is 1. The molecular weight excluding hydrogens is 386 g/mol. The van der Waals surface area contributed by atoms with Crippen molar-refractivity contribution in [1.29, 1.82) is 0 Å². The van der Waals surface area contributed by atoms with Crippen molar-refractivity contribution < 1.29 is 9.53 Å². The molecule has 0 unspecified atom stereocenters. The molecule has 1 N–H and O–H groups in total. The molecule has 0 aliphatic carbocycles. The number of nitrogens with one attached hydrogen (secondary N) is 1. The number of carbonyl (C=O) groups is 1. The van der Waals surface area contributed by atoms with E-state index in [0.29, 0.717) is 28.7 Å². The van der Waals surface area contributed by atoms with Gasteiger partial charge >= 0.3 is 0 Å². The van der Waals surface area contributed by atoms with E-state index < -0.39 is 0 Å². The second kappa shape index (κ2) is 8.24. The first kappa shape index (κ1) is 18.8. The minimum Gasteiger partial charge on any atom is -0.494 e. The van der Waals surface area contributed by atoms with Crippen LogP contribution in [0.3, 0.4) is 0 Å². The number of rotatable bonds is 6. The maximum absolute atomic E-state index is 12.7. The summed E-state index contributed by atoms with van der Waals surface area (Å²) in [6.07, 6.45) is 5.11. The van der Waals surface area contributed by atoms with E-state index in [9.17, 15) is 4.79 Å². The van der Waals surface area contributed by atoms with Gasteiger partial charge in [-0.15, -0.1) is 11.3 Å². The van der Waals surface area contributed by atoms with Gasteiger partial charge in [-0.3, -0.25) is 4.79 Å². The minimum atomic E-state index is -0.203. The van der Waals surface area contributed by atoms with Crippen LogP contribution in [0.15, 0.2) is 61.1 Å². The number of nitrogens with zero attached hydrogens (tertiary/aromatic N) is 4. The van der Waals surface area contributed by atoms with Crippen LogP contribution in [0.1, 0.15) is 22.3 Å². The number of hydrogen-bond acceptors (Lipinski definition) is 6. The van der Waals surface area contributed by atoms with E-state index >= 15 is 0 Å². The van der Waals surface area contributed by atoms with Crippen molar-refractivity contribution in [3.05, 3.63) is 71.6 Å². The van der Waals surface area contributed by atoms with Crippen LogP contribution in [0, 0.1) is 6.92 Å². The van der Waals surface area contributed by atoms with Crippen LogP contribution < -0.4 is 10.1 Å². The summed E-state index contributed by atoms with van der Waals surface area (Å²) in [5.41, 5.74) is 2.25. The largest absolute Gasteiger partial charge is 0.494 e. The van der Waals surface area contributed by atoms with Crippen molar-refractivity contribution >= 4 is 22.9 Å². The van der Waals surface area contributed by atoms with Gasteiger partial charge in [-0.2, -0.15) is 5.10 Å². The molecular formula is C21H19N5O2S. The molecule has 0 bridgehead atoms. The first-order valence-corrected chi connectivity index (χ1v) is 9.94. The first-order chi connectivity index (χ1) is 14.1. The van der Waals surface area contributed by atoms with Crippen molar-refractivity contribution in [2.75, 3.05) is 11.9 Å². The molecule has 0 saturated carbocycles. The molecule has 3 heterocycles. The molecule has 0 saturated heterocycles. The van der Waals surface area contributed by atoms with Crippen LogP contribution >= 0.6 is 11.3 Å². The zero-order valence-corrected chi connectivity index (χ0v) is 16.8. The molecule has 0 aliphatic rings. The van der Waals surface area contributed by atoms with E-state index in [1.54, 1.807) is 29.2 Å². The Balaban J connectivity index is 1.49. The smallest absolute Gasteiger partial charge is 0.267 e. The van der Waals surface area contributed by atoms with Crippen molar-refractivity contribution in [3.8, 4) is 22.1 Å². The average Bonchev–Trinajstić information content (AvgIpc) is 3.39. The summed E-state index contributed by atoms with van der Waals surface area (Å²) in [5.74, 6) is 1.29. The van der Waals surface area contributed by atoms with Crippen LogP contribution in [-0.4, -0.2) is 32.3 Å². The number of thiazole rings is 1. The Morgan fingerprint density at radius 3 is 2.69 bits per heavy atom. The number of aromatic nitrogens is 4. The van der Waals surface area contributed by atoms with Gasteiger partial charge in [0.05, 0.1) is 24.2 Å². The summed E-state index contributed by atoms with van der Waals surface area (Å²) in [4.78, 5) is 22.2. The summed E-state index contributed by atoms with van der Waals surface area (Å²) < 4.78 is 7.12. The lowest BCUT2D eigenvalue weighted by Crippen LogP contribution is -2.12. The zero-order chi connectivity index (χ0) is 20.2. The summed E-state index contributed by atoms with van der Waals surface area (Å²) in [6.45, 7) is 4.41. The fourth-order valence-corrected chi connectivity index (χ4v) is 3.75. The fourth-order valence-electron chi connectivity index (χ4n) is 2.78. The number of aryl methyl sites for hydroxylation is 1. The van der Waals surface area contributed by atoms with E-state index in [0.717, 1.165) is 16.3 Å². The molecule has 0 radical (unpaired) electrons. The van der Waals surface area contributed by atoms with Gasteiger partial charge in [0.25, 0.3) is 5.91 Å². The molecule has 1 amide bonds. The normalized spacial score (nSPS) is 10.7. The maximum Gasteiger partial charge on any atom is 0.267 e. The predicted molar refractivity (Wildman–Crippen MR) is 113 cm³/mol. The van der Waals surface area contributed by atoms with Gasteiger partial charge in [-0.05, 0) is 56.3 Å². The molecule has 4 aromatic rings. The summed E-state index contributed by atoms with van der Waals surface area (Å²) in [7, 11) is 0. The van der Waals surface area contributed by atoms with E-state index in [1.807, 2.05) is 50.4 Å². The first-order valence-electron chi connectivity index (χ1n) is 9.12. The van der Waals surface area contributed by atoms with Crippen LogP contribution in [-0.2, 0) is 0 Å². The SMILES string of the molecule is CCOc1ccc(-c2nc(C)c(C(=O)Nc3ccc(-n4cccn4)nc3)s2)cc1. The van der Waals surface area contributed by atoms with E-state index in [2.05, 4.69) is 20.4 Å². The number of anilines is 1. The van der Waals surface area contributed by atoms with Gasteiger partial charge in [-0.1, -0.05) is 0 Å². The van der Waals surface area contributed by atoms with Crippen molar-refractivity contribution in [2.45, 2.75) is 13.8 Å². The van der Waals surface area contributed by atoms with Crippen LogP contribution in [0.2, 0.25) is 0 Å². The Morgan fingerprint density at radius 2 is 2.03 bits per heavy atom. The third-order valence-electron chi connectivity index (χ3n) is 4.16. The lowest BCUT2D eigenvalue weighted by molar-refractivity contribution is 0.102. The number of amides is 1. The Bertz CT molecular complexity index is 1100. The molecule has 4 rings (SSSR count). The molecule has 7 nitrogen and oxygen atoms in total. The van der Waals surface area contributed by atoms with Crippen LogP contribution in [0.4, 0.5) is 5.69 Å². The Labute approximate surface area is 172 Å². The fraction of sp³-hybridized carbons (Fsp3) is 0.143. The summed E-state index contributed by atoms with van der Waals surface area (Å²) >= 11 is 1.36. The predicted octanol–water partition coefficient (Wildman–Crippen LogP) is 4.35. The van der Waals surface area contributed by atoms with E-state index in [1.165, 1.54) is 11.3 Å². The molecule has 0 spiro atoms. The van der Waals surface area contributed by atoms with E-state index in [4.69, 9.17) is 4.74 Å². The van der Waals surface area contributed by atoms with Gasteiger partial charge in [0.1, 0.15) is 15.6 Å². The average molecular weight is 405 g/mol. The second-order valence-corrected chi connectivity index (χ2v) is 7.20. The quantitative estimate of drug-likeness (QED) is 0.516. The number of carbonyl (C=O) groups excluding carboxylic acids is 1. The Morgan fingerprint density at radius 1 is 1.21 bits per heavy atom. The molecule has 1 aromatic carbocycles. The zero-order valence-electron chi connectivity index (χ0n) is 16.0. The molecule has 146 valence electrons. The van der Waals surface area contributed by atoms with Crippen molar-refractivity contribution in [1.82, 2.24) is 19.7 Å². The number of benzene rings is 1.